The molecular weight excluding hydrogens is 334 g/mol. The summed E-state index contributed by atoms with van der Waals surface area (Å²) in [4.78, 5) is 41.4. The Bertz CT molecular complexity index is 681. The first-order chi connectivity index (χ1) is 11.1. The zero-order valence-electron chi connectivity index (χ0n) is 12.5. The molecule has 6 nitrogen and oxygen atoms in total. The molecule has 0 aliphatic carbocycles. The lowest BCUT2D eigenvalue weighted by Gasteiger charge is -2.28. The largest absolute Gasteiger partial charge is 0.336 e. The van der Waals surface area contributed by atoms with E-state index in [1.54, 1.807) is 28.0 Å². The summed E-state index contributed by atoms with van der Waals surface area (Å²) in [5, 5.41) is 4.84. The van der Waals surface area contributed by atoms with Gasteiger partial charge in [0.25, 0.3) is 5.91 Å². The maximum atomic E-state index is 12.6. The summed E-state index contributed by atoms with van der Waals surface area (Å²) >= 11 is 3.38. The number of amides is 4. The van der Waals surface area contributed by atoms with Gasteiger partial charge in [-0.05, 0) is 35.6 Å². The van der Waals surface area contributed by atoms with Crippen LogP contribution in [0.2, 0.25) is 0 Å². The van der Waals surface area contributed by atoms with Crippen molar-refractivity contribution in [2.75, 3.05) is 24.6 Å². The Balaban J connectivity index is 1.45. The Morgan fingerprint density at radius 2 is 2.26 bits per heavy atom. The second-order valence-electron chi connectivity index (χ2n) is 6.14. The normalized spacial score (nSPS) is 26.8. The second-order valence-corrected chi connectivity index (χ2v) is 8.25. The maximum Gasteiger partial charge on any atom is 0.325 e. The highest BCUT2D eigenvalue weighted by atomic mass is 32.2. The standard InChI is InChI=1S/C15H17N3O3S2/c19-12(17-4-1-11-10(7-17)2-5-23-11)8-18-13(20)15(16-14(18)21)3-6-22-9-15/h2,5H,1,3-4,6-9H2,(H,16,21). The summed E-state index contributed by atoms with van der Waals surface area (Å²) < 4.78 is 0. The van der Waals surface area contributed by atoms with E-state index in [1.165, 1.54) is 10.4 Å². The molecule has 1 atom stereocenters. The van der Waals surface area contributed by atoms with E-state index >= 15 is 0 Å². The summed E-state index contributed by atoms with van der Waals surface area (Å²) in [7, 11) is 0. The number of urea groups is 1. The zero-order chi connectivity index (χ0) is 16.0. The van der Waals surface area contributed by atoms with E-state index in [0.29, 0.717) is 25.3 Å². The van der Waals surface area contributed by atoms with Crippen LogP contribution in [0.25, 0.3) is 0 Å². The minimum absolute atomic E-state index is 0.156. The van der Waals surface area contributed by atoms with Crippen molar-refractivity contribution in [1.29, 1.82) is 0 Å². The molecule has 3 aliphatic rings. The lowest BCUT2D eigenvalue weighted by molar-refractivity contribution is -0.139. The van der Waals surface area contributed by atoms with Gasteiger partial charge in [-0.2, -0.15) is 11.8 Å². The van der Waals surface area contributed by atoms with Crippen LogP contribution in [0.5, 0.6) is 0 Å². The number of nitrogens with one attached hydrogen (secondary N) is 1. The summed E-state index contributed by atoms with van der Waals surface area (Å²) in [5.74, 6) is 1.06. The fraction of sp³-hybridized carbons (Fsp3) is 0.533. The number of imide groups is 1. The van der Waals surface area contributed by atoms with Gasteiger partial charge >= 0.3 is 6.03 Å². The minimum Gasteiger partial charge on any atom is -0.336 e. The molecule has 4 amide bonds. The number of carbonyl (C=O) groups excluding carboxylic acids is 3. The molecule has 1 unspecified atom stereocenters. The molecule has 8 heteroatoms. The van der Waals surface area contributed by atoms with E-state index < -0.39 is 11.6 Å². The van der Waals surface area contributed by atoms with Crippen molar-refractivity contribution in [2.45, 2.75) is 24.9 Å². The Labute approximate surface area is 142 Å². The fourth-order valence-electron chi connectivity index (χ4n) is 3.35. The quantitative estimate of drug-likeness (QED) is 0.809. The van der Waals surface area contributed by atoms with Crippen LogP contribution in [-0.4, -0.2) is 57.8 Å². The van der Waals surface area contributed by atoms with Crippen LogP contribution in [0.1, 0.15) is 16.9 Å². The molecule has 1 spiro atoms. The van der Waals surface area contributed by atoms with E-state index in [4.69, 9.17) is 0 Å². The van der Waals surface area contributed by atoms with E-state index in [9.17, 15) is 14.4 Å². The number of hydrogen-bond donors (Lipinski definition) is 1. The van der Waals surface area contributed by atoms with Crippen molar-refractivity contribution in [2.24, 2.45) is 0 Å². The lowest BCUT2D eigenvalue weighted by atomic mass is 9.99. The Hall–Kier alpha value is -1.54. The third-order valence-corrected chi connectivity index (χ3v) is 6.93. The summed E-state index contributed by atoms with van der Waals surface area (Å²) in [6, 6.07) is 1.61. The first-order valence-corrected chi connectivity index (χ1v) is 9.67. The van der Waals surface area contributed by atoms with Crippen LogP contribution < -0.4 is 5.32 Å². The third-order valence-electron chi connectivity index (χ3n) is 4.72. The third kappa shape index (κ3) is 2.44. The number of thiophene rings is 1. The van der Waals surface area contributed by atoms with Crippen LogP contribution in [0.3, 0.4) is 0 Å². The molecule has 2 saturated heterocycles. The monoisotopic (exact) mass is 351 g/mol. The molecule has 4 rings (SSSR count). The molecule has 3 aliphatic heterocycles. The molecule has 23 heavy (non-hydrogen) atoms. The van der Waals surface area contributed by atoms with E-state index in [1.807, 2.05) is 11.4 Å². The van der Waals surface area contributed by atoms with E-state index in [0.717, 1.165) is 17.1 Å². The van der Waals surface area contributed by atoms with Gasteiger partial charge in [-0.3, -0.25) is 14.5 Å². The summed E-state index contributed by atoms with van der Waals surface area (Å²) in [6.07, 6.45) is 1.49. The Kier molecular flexibility index (Phi) is 3.60. The molecule has 0 aromatic carbocycles. The Morgan fingerprint density at radius 3 is 3.04 bits per heavy atom. The number of hydrogen-bond acceptors (Lipinski definition) is 5. The Morgan fingerprint density at radius 1 is 1.39 bits per heavy atom. The molecule has 1 aromatic heterocycles. The molecule has 0 radical (unpaired) electrons. The van der Waals surface area contributed by atoms with Gasteiger partial charge in [0.2, 0.25) is 5.91 Å². The number of carbonyl (C=O) groups is 3. The minimum atomic E-state index is -0.773. The average molecular weight is 351 g/mol. The SMILES string of the molecule is O=C(CN1C(=O)NC2(CCSC2)C1=O)N1CCc2sccc2C1. The summed E-state index contributed by atoms with van der Waals surface area (Å²) in [6.45, 7) is 1.07. The predicted molar refractivity (Wildman–Crippen MR) is 88.4 cm³/mol. The van der Waals surface area contributed by atoms with Gasteiger partial charge in [-0.1, -0.05) is 0 Å². The molecular formula is C15H17N3O3S2. The smallest absolute Gasteiger partial charge is 0.325 e. The van der Waals surface area contributed by atoms with E-state index in [-0.39, 0.29) is 18.4 Å². The summed E-state index contributed by atoms with van der Waals surface area (Å²) in [5.41, 5.74) is 0.403. The molecule has 0 bridgehead atoms. The topological polar surface area (TPSA) is 69.7 Å². The van der Waals surface area contributed by atoms with Crippen LogP contribution in [-0.2, 0) is 22.6 Å². The van der Waals surface area contributed by atoms with Crippen molar-refractivity contribution in [3.63, 3.8) is 0 Å². The number of fused-ring (bicyclic) bond motifs is 1. The van der Waals surface area contributed by atoms with Crippen LogP contribution in [0.15, 0.2) is 11.4 Å². The molecule has 0 saturated carbocycles. The number of nitrogens with zero attached hydrogens (tertiary/aromatic N) is 2. The highest BCUT2D eigenvalue weighted by Gasteiger charge is 2.53. The molecule has 4 heterocycles. The van der Waals surface area contributed by atoms with E-state index in [2.05, 4.69) is 5.32 Å². The predicted octanol–water partition coefficient (Wildman–Crippen LogP) is 1.06. The highest BCUT2D eigenvalue weighted by molar-refractivity contribution is 7.99. The van der Waals surface area contributed by atoms with Gasteiger partial charge in [0.15, 0.2) is 0 Å². The zero-order valence-corrected chi connectivity index (χ0v) is 14.2. The van der Waals surface area contributed by atoms with Crippen molar-refractivity contribution in [3.8, 4) is 0 Å². The maximum absolute atomic E-state index is 12.6. The number of thioether (sulfide) groups is 1. The van der Waals surface area contributed by atoms with Gasteiger partial charge < -0.3 is 10.2 Å². The van der Waals surface area contributed by atoms with Gasteiger partial charge in [0.1, 0.15) is 12.1 Å². The second kappa shape index (κ2) is 5.52. The van der Waals surface area contributed by atoms with Crippen molar-refractivity contribution < 1.29 is 14.4 Å². The van der Waals surface area contributed by atoms with Crippen LogP contribution in [0.4, 0.5) is 4.79 Å². The van der Waals surface area contributed by atoms with Crippen LogP contribution in [0, 0.1) is 0 Å². The van der Waals surface area contributed by atoms with Crippen molar-refractivity contribution >= 4 is 40.9 Å². The molecule has 2 fully saturated rings. The van der Waals surface area contributed by atoms with Gasteiger partial charge in [0.05, 0.1) is 0 Å². The van der Waals surface area contributed by atoms with Crippen molar-refractivity contribution in [1.82, 2.24) is 15.1 Å². The molecule has 1 N–H and O–H groups in total. The van der Waals surface area contributed by atoms with Gasteiger partial charge in [-0.15, -0.1) is 11.3 Å². The molecule has 1 aromatic rings. The van der Waals surface area contributed by atoms with Gasteiger partial charge in [-0.25, -0.2) is 4.79 Å². The molecule has 122 valence electrons. The fourth-order valence-corrected chi connectivity index (χ4v) is 5.56. The van der Waals surface area contributed by atoms with Crippen LogP contribution >= 0.6 is 23.1 Å². The number of rotatable bonds is 2. The first kappa shape index (κ1) is 15.0. The highest BCUT2D eigenvalue weighted by Crippen LogP contribution is 2.33. The lowest BCUT2D eigenvalue weighted by Crippen LogP contribution is -2.48. The average Bonchev–Trinajstić information content (AvgIpc) is 3.24. The van der Waals surface area contributed by atoms with Gasteiger partial charge in [0, 0.05) is 23.7 Å². The first-order valence-electron chi connectivity index (χ1n) is 7.64. The van der Waals surface area contributed by atoms with Crippen molar-refractivity contribution in [3.05, 3.63) is 21.9 Å².